The predicted molar refractivity (Wildman–Crippen MR) is 135 cm³/mol. The van der Waals surface area contributed by atoms with Crippen molar-refractivity contribution in [2.75, 3.05) is 24.2 Å². The molecule has 1 amide bonds. The maximum atomic E-state index is 12.6. The van der Waals surface area contributed by atoms with Crippen LogP contribution in [0.3, 0.4) is 0 Å². The Balaban J connectivity index is 1.62. The van der Waals surface area contributed by atoms with Gasteiger partial charge in [0, 0.05) is 31.7 Å². The van der Waals surface area contributed by atoms with Crippen LogP contribution < -0.4 is 5.32 Å². The lowest BCUT2D eigenvalue weighted by molar-refractivity contribution is -0.113. The molecule has 1 heterocycles. The Hall–Kier alpha value is -2.95. The number of carbonyl (C=O) groups is 1. The van der Waals surface area contributed by atoms with Crippen molar-refractivity contribution in [2.45, 2.75) is 36.9 Å². The zero-order chi connectivity index (χ0) is 24.6. The van der Waals surface area contributed by atoms with E-state index in [0.717, 1.165) is 11.4 Å². The van der Waals surface area contributed by atoms with Crippen molar-refractivity contribution >= 4 is 33.4 Å². The lowest BCUT2D eigenvalue weighted by atomic mass is 10.1. The molecule has 0 unspecified atom stereocenters. The van der Waals surface area contributed by atoms with Gasteiger partial charge in [-0.15, -0.1) is 16.8 Å². The van der Waals surface area contributed by atoms with E-state index in [-0.39, 0.29) is 16.6 Å². The number of nitrogens with zero attached hydrogens (tertiary/aromatic N) is 4. The second kappa shape index (κ2) is 12.0. The van der Waals surface area contributed by atoms with Gasteiger partial charge in [0.25, 0.3) is 0 Å². The molecule has 10 heteroatoms. The second-order valence-electron chi connectivity index (χ2n) is 7.41. The zero-order valence-corrected chi connectivity index (χ0v) is 21.0. The first-order chi connectivity index (χ1) is 16.4. The molecule has 0 saturated heterocycles. The molecule has 1 aromatic heterocycles. The molecule has 3 aromatic rings. The van der Waals surface area contributed by atoms with E-state index in [1.165, 1.54) is 28.2 Å². The van der Waals surface area contributed by atoms with Gasteiger partial charge in [0.2, 0.25) is 15.9 Å². The molecule has 2 aromatic carbocycles. The number of nitrogens with one attached hydrogen (secondary N) is 1. The highest BCUT2D eigenvalue weighted by Gasteiger charge is 2.21. The third-order valence-corrected chi connectivity index (χ3v) is 8.15. The highest BCUT2D eigenvalue weighted by molar-refractivity contribution is 7.99. The number of hydrogen-bond donors (Lipinski definition) is 1. The van der Waals surface area contributed by atoms with E-state index in [0.29, 0.717) is 36.9 Å². The molecule has 0 saturated carbocycles. The fraction of sp³-hybridized carbons (Fsp3) is 0.292. The largest absolute Gasteiger partial charge is 0.325 e. The van der Waals surface area contributed by atoms with Crippen LogP contribution in [0.2, 0.25) is 0 Å². The first-order valence-corrected chi connectivity index (χ1v) is 13.4. The van der Waals surface area contributed by atoms with Crippen LogP contribution in [0.4, 0.5) is 5.69 Å². The van der Waals surface area contributed by atoms with E-state index < -0.39 is 10.0 Å². The lowest BCUT2D eigenvalue weighted by Crippen LogP contribution is -2.30. The summed E-state index contributed by atoms with van der Waals surface area (Å²) in [6, 6.07) is 16.2. The fourth-order valence-electron chi connectivity index (χ4n) is 3.40. The second-order valence-corrected chi connectivity index (χ2v) is 10.3. The Labute approximate surface area is 205 Å². The molecule has 0 spiro atoms. The molecule has 0 fully saturated rings. The highest BCUT2D eigenvalue weighted by atomic mass is 32.2. The number of rotatable bonds is 12. The molecular weight excluding hydrogens is 470 g/mol. The molecule has 8 nitrogen and oxygen atoms in total. The van der Waals surface area contributed by atoms with Gasteiger partial charge < -0.3 is 9.88 Å². The number of amides is 1. The molecule has 3 rings (SSSR count). The number of carbonyl (C=O) groups excluding carboxylic acids is 1. The summed E-state index contributed by atoms with van der Waals surface area (Å²) >= 11 is 1.29. The number of allylic oxidation sites excluding steroid dienone is 1. The number of benzene rings is 2. The monoisotopic (exact) mass is 499 g/mol. The molecule has 1 N–H and O–H groups in total. The average molecular weight is 500 g/mol. The van der Waals surface area contributed by atoms with E-state index in [4.69, 9.17) is 0 Å². The van der Waals surface area contributed by atoms with E-state index >= 15 is 0 Å². The minimum atomic E-state index is -3.53. The third-order valence-electron chi connectivity index (χ3n) is 5.12. The predicted octanol–water partition coefficient (Wildman–Crippen LogP) is 3.82. The maximum Gasteiger partial charge on any atom is 0.243 e. The third kappa shape index (κ3) is 6.34. The number of sulfonamides is 1. The molecule has 0 atom stereocenters. The molecule has 0 aliphatic carbocycles. The molecule has 0 radical (unpaired) electrons. The van der Waals surface area contributed by atoms with Gasteiger partial charge in [0.15, 0.2) is 5.16 Å². The molecular formula is C24H29N5O3S2. The van der Waals surface area contributed by atoms with Crippen molar-refractivity contribution in [1.82, 2.24) is 19.1 Å². The van der Waals surface area contributed by atoms with Gasteiger partial charge in [-0.1, -0.05) is 62.0 Å². The summed E-state index contributed by atoms with van der Waals surface area (Å²) in [7, 11) is -3.53. The van der Waals surface area contributed by atoms with Crippen LogP contribution in [0.1, 0.15) is 25.2 Å². The van der Waals surface area contributed by atoms with Crippen LogP contribution >= 0.6 is 11.8 Å². The molecule has 180 valence electrons. The molecule has 0 aliphatic heterocycles. The first-order valence-electron chi connectivity index (χ1n) is 11.0. The first kappa shape index (κ1) is 25.7. The van der Waals surface area contributed by atoms with Crippen LogP contribution in [0.15, 0.2) is 77.3 Å². The maximum absolute atomic E-state index is 12.6. The van der Waals surface area contributed by atoms with Gasteiger partial charge in [-0.25, -0.2) is 8.42 Å². The van der Waals surface area contributed by atoms with Gasteiger partial charge >= 0.3 is 0 Å². The van der Waals surface area contributed by atoms with Crippen molar-refractivity contribution in [3.8, 4) is 0 Å². The van der Waals surface area contributed by atoms with Crippen molar-refractivity contribution in [1.29, 1.82) is 0 Å². The van der Waals surface area contributed by atoms with Crippen molar-refractivity contribution in [3.63, 3.8) is 0 Å². The Morgan fingerprint density at radius 3 is 2.38 bits per heavy atom. The van der Waals surface area contributed by atoms with Crippen LogP contribution in [0.5, 0.6) is 0 Å². The van der Waals surface area contributed by atoms with E-state index in [9.17, 15) is 13.2 Å². The highest BCUT2D eigenvalue weighted by Crippen LogP contribution is 2.21. The molecule has 34 heavy (non-hydrogen) atoms. The normalized spacial score (nSPS) is 11.5. The van der Waals surface area contributed by atoms with Gasteiger partial charge in [0.05, 0.1) is 10.6 Å². The van der Waals surface area contributed by atoms with Crippen LogP contribution in [0, 0.1) is 0 Å². The Kier molecular flexibility index (Phi) is 9.03. The molecule has 0 bridgehead atoms. The molecule has 0 aliphatic rings. The van der Waals surface area contributed by atoms with Crippen LogP contribution in [-0.2, 0) is 27.8 Å². The van der Waals surface area contributed by atoms with Crippen LogP contribution in [0.25, 0.3) is 0 Å². The Bertz CT molecular complexity index is 1210. The van der Waals surface area contributed by atoms with E-state index in [1.54, 1.807) is 32.1 Å². The van der Waals surface area contributed by atoms with E-state index in [1.807, 2.05) is 34.9 Å². The zero-order valence-electron chi connectivity index (χ0n) is 19.3. The Morgan fingerprint density at radius 1 is 1.09 bits per heavy atom. The Morgan fingerprint density at radius 2 is 1.76 bits per heavy atom. The summed E-state index contributed by atoms with van der Waals surface area (Å²) < 4.78 is 28.5. The summed E-state index contributed by atoms with van der Waals surface area (Å²) in [4.78, 5) is 12.7. The summed E-state index contributed by atoms with van der Waals surface area (Å²) in [6.07, 6.45) is 2.41. The van der Waals surface area contributed by atoms with Gasteiger partial charge in [-0.2, -0.15) is 4.31 Å². The van der Waals surface area contributed by atoms with Gasteiger partial charge in [-0.3, -0.25) is 4.79 Å². The lowest BCUT2D eigenvalue weighted by Gasteiger charge is -2.18. The summed E-state index contributed by atoms with van der Waals surface area (Å²) in [5.41, 5.74) is 1.65. The summed E-state index contributed by atoms with van der Waals surface area (Å²) in [6.45, 7) is 8.75. The minimum absolute atomic E-state index is 0.139. The van der Waals surface area contributed by atoms with Crippen molar-refractivity contribution < 1.29 is 13.2 Å². The standard InChI is InChI=1S/C24H29N5O3S2/c1-4-16-29-22(17-19-10-8-7-9-11-19)26-27-24(29)33-18-23(30)25-20-12-14-21(15-13-20)34(31,32)28(5-2)6-3/h4,7-15H,1,5-6,16-18H2,2-3H3,(H,25,30). The number of hydrogen-bond acceptors (Lipinski definition) is 6. The minimum Gasteiger partial charge on any atom is -0.325 e. The smallest absolute Gasteiger partial charge is 0.243 e. The van der Waals surface area contributed by atoms with Gasteiger partial charge in [-0.05, 0) is 29.8 Å². The van der Waals surface area contributed by atoms with Crippen molar-refractivity contribution in [2.24, 2.45) is 0 Å². The van der Waals surface area contributed by atoms with Gasteiger partial charge in [0.1, 0.15) is 5.82 Å². The topological polar surface area (TPSA) is 97.2 Å². The number of thioether (sulfide) groups is 1. The average Bonchev–Trinajstić information content (AvgIpc) is 3.20. The SMILES string of the molecule is C=CCn1c(Cc2ccccc2)nnc1SCC(=O)Nc1ccc(S(=O)(=O)N(CC)CC)cc1. The van der Waals surface area contributed by atoms with E-state index in [2.05, 4.69) is 22.1 Å². The summed E-state index contributed by atoms with van der Waals surface area (Å²) in [5.74, 6) is 0.723. The van der Waals surface area contributed by atoms with Crippen molar-refractivity contribution in [3.05, 3.63) is 78.6 Å². The quantitative estimate of drug-likeness (QED) is 0.301. The number of aromatic nitrogens is 3. The summed E-state index contributed by atoms with van der Waals surface area (Å²) in [5, 5.41) is 12.0. The van der Waals surface area contributed by atoms with Crippen LogP contribution in [-0.4, -0.2) is 52.2 Å². The number of anilines is 1. The fourth-order valence-corrected chi connectivity index (χ4v) is 5.62.